The first kappa shape index (κ1) is 15.0. The molecule has 0 bridgehead atoms. The Balaban J connectivity index is 2.43. The number of aryl methyl sites for hydroxylation is 1. The minimum atomic E-state index is -0.411. The molecule has 1 aliphatic rings. The molecule has 0 N–H and O–H groups in total. The van der Waals surface area contributed by atoms with Crippen molar-refractivity contribution in [2.45, 2.75) is 43.4 Å². The molecular weight excluding hydrogens is 372 g/mol. The minimum Gasteiger partial charge on any atom is -0.495 e. The third-order valence-corrected chi connectivity index (χ3v) is 5.43. The van der Waals surface area contributed by atoms with Crippen molar-refractivity contribution in [2.75, 3.05) is 7.11 Å². The van der Waals surface area contributed by atoms with E-state index in [1.165, 1.54) is 6.42 Å². The summed E-state index contributed by atoms with van der Waals surface area (Å²) in [5.74, 6) is 0.786. The summed E-state index contributed by atoms with van der Waals surface area (Å²) in [6.07, 6.45) is 5.23. The fraction of sp³-hybridized carbons (Fsp3) is 0.533. The third kappa shape index (κ3) is 3.05. The number of halogens is 2. The van der Waals surface area contributed by atoms with Crippen molar-refractivity contribution < 1.29 is 9.53 Å². The van der Waals surface area contributed by atoms with Crippen molar-refractivity contribution >= 4 is 37.6 Å². The van der Waals surface area contributed by atoms with Gasteiger partial charge >= 0.3 is 0 Å². The lowest BCUT2D eigenvalue weighted by molar-refractivity contribution is 0.0920. The second-order valence-electron chi connectivity index (χ2n) is 5.18. The highest BCUT2D eigenvalue weighted by molar-refractivity contribution is 9.10. The second-order valence-corrected chi connectivity index (χ2v) is 7.55. The number of Topliss-reactive ketones (excluding diaryl/α,β-unsaturated/α-hetero) is 1. The smallest absolute Gasteiger partial charge is 0.183 e. The van der Waals surface area contributed by atoms with Gasteiger partial charge in [0.05, 0.1) is 21.5 Å². The van der Waals surface area contributed by atoms with Crippen LogP contribution in [0, 0.1) is 6.92 Å². The normalized spacial score (nSPS) is 18.1. The third-order valence-electron chi connectivity index (χ3n) is 3.69. The molecule has 0 radical (unpaired) electrons. The summed E-state index contributed by atoms with van der Waals surface area (Å²) in [6, 6.07) is 3.89. The molecule has 4 heteroatoms. The summed E-state index contributed by atoms with van der Waals surface area (Å²) in [4.78, 5) is 12.9. The predicted molar refractivity (Wildman–Crippen MR) is 84.5 cm³/mol. The molecule has 19 heavy (non-hydrogen) atoms. The molecular formula is C15H18Br2O2. The van der Waals surface area contributed by atoms with Gasteiger partial charge in [-0.05, 0) is 53.4 Å². The van der Waals surface area contributed by atoms with E-state index in [-0.39, 0.29) is 5.78 Å². The molecule has 1 aliphatic carbocycles. The van der Waals surface area contributed by atoms with Gasteiger partial charge in [-0.1, -0.05) is 35.2 Å². The molecule has 0 unspecified atom stereocenters. The molecule has 0 aliphatic heterocycles. The quantitative estimate of drug-likeness (QED) is 0.534. The van der Waals surface area contributed by atoms with Crippen molar-refractivity contribution in [1.29, 1.82) is 0 Å². The Morgan fingerprint density at radius 1 is 1.26 bits per heavy atom. The molecule has 2 rings (SSSR count). The summed E-state index contributed by atoms with van der Waals surface area (Å²) < 4.78 is 5.83. The van der Waals surface area contributed by atoms with Crippen LogP contribution in [-0.4, -0.2) is 17.2 Å². The van der Waals surface area contributed by atoms with Crippen LogP contribution in [0.4, 0.5) is 0 Å². The van der Waals surface area contributed by atoms with E-state index in [4.69, 9.17) is 4.74 Å². The van der Waals surface area contributed by atoms with Crippen LogP contribution in [0.2, 0.25) is 0 Å². The number of carbonyl (C=O) groups excluding carboxylic acids is 1. The topological polar surface area (TPSA) is 26.3 Å². The van der Waals surface area contributed by atoms with Crippen LogP contribution in [0.3, 0.4) is 0 Å². The fourth-order valence-electron chi connectivity index (χ4n) is 2.69. The van der Waals surface area contributed by atoms with Gasteiger partial charge in [-0.15, -0.1) is 0 Å². The SMILES string of the molecule is COc1c(Br)cc(C)cc1C(=O)C1(Br)CCCCC1. The van der Waals surface area contributed by atoms with E-state index in [1.54, 1.807) is 7.11 Å². The van der Waals surface area contributed by atoms with Crippen molar-refractivity contribution in [2.24, 2.45) is 0 Å². The highest BCUT2D eigenvalue weighted by Gasteiger charge is 2.38. The van der Waals surface area contributed by atoms with Crippen LogP contribution in [0.1, 0.15) is 48.0 Å². The number of carbonyl (C=O) groups is 1. The number of methoxy groups -OCH3 is 1. The maximum Gasteiger partial charge on any atom is 0.183 e. The van der Waals surface area contributed by atoms with Gasteiger partial charge in [0.25, 0.3) is 0 Å². The molecule has 1 saturated carbocycles. The Kier molecular flexibility index (Phi) is 4.72. The number of ether oxygens (including phenoxy) is 1. The van der Waals surface area contributed by atoms with Crippen LogP contribution in [0.15, 0.2) is 16.6 Å². The standard InChI is InChI=1S/C15H18Br2O2/c1-10-8-11(13(19-2)12(16)9-10)14(18)15(17)6-4-3-5-7-15/h8-9H,3-7H2,1-2H3. The molecule has 104 valence electrons. The Hall–Kier alpha value is -0.350. The average molecular weight is 390 g/mol. The highest BCUT2D eigenvalue weighted by atomic mass is 79.9. The molecule has 0 atom stereocenters. The first-order valence-electron chi connectivity index (χ1n) is 6.56. The maximum absolute atomic E-state index is 12.9. The molecule has 1 aromatic rings. The van der Waals surface area contributed by atoms with Gasteiger partial charge in [0.1, 0.15) is 5.75 Å². The second kappa shape index (κ2) is 5.96. The van der Waals surface area contributed by atoms with Crippen molar-refractivity contribution in [3.05, 3.63) is 27.7 Å². The van der Waals surface area contributed by atoms with Gasteiger partial charge in [0.2, 0.25) is 0 Å². The van der Waals surface area contributed by atoms with E-state index in [2.05, 4.69) is 31.9 Å². The summed E-state index contributed by atoms with van der Waals surface area (Å²) in [6.45, 7) is 1.99. The number of alkyl halides is 1. The predicted octanol–water partition coefficient (Wildman–Crippen LogP) is 5.05. The highest BCUT2D eigenvalue weighted by Crippen LogP contribution is 2.41. The largest absolute Gasteiger partial charge is 0.495 e. The number of benzene rings is 1. The van der Waals surface area contributed by atoms with Crippen molar-refractivity contribution in [1.82, 2.24) is 0 Å². The van der Waals surface area contributed by atoms with Crippen LogP contribution in [-0.2, 0) is 0 Å². The van der Waals surface area contributed by atoms with E-state index in [9.17, 15) is 4.79 Å². The summed E-state index contributed by atoms with van der Waals surface area (Å²) in [5.41, 5.74) is 1.73. The number of hydrogen-bond donors (Lipinski definition) is 0. The molecule has 0 aromatic heterocycles. The molecule has 0 saturated heterocycles. The zero-order chi connectivity index (χ0) is 14.0. The Bertz CT molecular complexity index is 491. The Labute approximate surface area is 131 Å². The van der Waals surface area contributed by atoms with E-state index < -0.39 is 4.32 Å². The molecule has 0 heterocycles. The van der Waals surface area contributed by atoms with Crippen LogP contribution in [0.5, 0.6) is 5.75 Å². The van der Waals surface area contributed by atoms with Crippen molar-refractivity contribution in [3.8, 4) is 5.75 Å². The Morgan fingerprint density at radius 2 is 1.89 bits per heavy atom. The number of ketones is 1. The Morgan fingerprint density at radius 3 is 2.47 bits per heavy atom. The molecule has 0 spiro atoms. The van der Waals surface area contributed by atoms with Crippen LogP contribution in [0.25, 0.3) is 0 Å². The minimum absolute atomic E-state index is 0.147. The van der Waals surface area contributed by atoms with E-state index in [0.717, 1.165) is 35.7 Å². The maximum atomic E-state index is 12.9. The van der Waals surface area contributed by atoms with Gasteiger partial charge in [-0.3, -0.25) is 4.79 Å². The lowest BCUT2D eigenvalue weighted by Gasteiger charge is -2.30. The van der Waals surface area contributed by atoms with Gasteiger partial charge in [-0.25, -0.2) is 0 Å². The number of hydrogen-bond acceptors (Lipinski definition) is 2. The van der Waals surface area contributed by atoms with E-state index in [1.807, 2.05) is 19.1 Å². The summed E-state index contributed by atoms with van der Waals surface area (Å²) >= 11 is 7.17. The van der Waals surface area contributed by atoms with E-state index in [0.29, 0.717) is 11.3 Å². The van der Waals surface area contributed by atoms with Crippen molar-refractivity contribution in [3.63, 3.8) is 0 Å². The lowest BCUT2D eigenvalue weighted by atomic mass is 9.83. The van der Waals surface area contributed by atoms with Crippen LogP contribution >= 0.6 is 31.9 Å². The average Bonchev–Trinajstić information content (AvgIpc) is 2.38. The first-order valence-corrected chi connectivity index (χ1v) is 8.14. The lowest BCUT2D eigenvalue weighted by Crippen LogP contribution is -2.34. The molecule has 1 fully saturated rings. The van der Waals surface area contributed by atoms with Gasteiger partial charge in [0, 0.05) is 0 Å². The first-order chi connectivity index (χ1) is 8.98. The molecule has 1 aromatic carbocycles. The van der Waals surface area contributed by atoms with Gasteiger partial charge in [-0.2, -0.15) is 0 Å². The van der Waals surface area contributed by atoms with Crippen LogP contribution < -0.4 is 4.74 Å². The van der Waals surface area contributed by atoms with Gasteiger partial charge < -0.3 is 4.74 Å². The van der Waals surface area contributed by atoms with E-state index >= 15 is 0 Å². The zero-order valence-corrected chi connectivity index (χ0v) is 14.4. The summed E-state index contributed by atoms with van der Waals surface area (Å²) in [5, 5.41) is 0. The van der Waals surface area contributed by atoms with Gasteiger partial charge in [0.15, 0.2) is 5.78 Å². The zero-order valence-electron chi connectivity index (χ0n) is 11.3. The fourth-order valence-corrected chi connectivity index (χ4v) is 4.20. The molecule has 0 amide bonds. The monoisotopic (exact) mass is 388 g/mol. The summed E-state index contributed by atoms with van der Waals surface area (Å²) in [7, 11) is 1.61. The number of rotatable bonds is 3. The molecule has 2 nitrogen and oxygen atoms in total.